The topological polar surface area (TPSA) is 26.3 Å². The number of rotatable bonds is 1. The molecule has 0 unspecified atom stereocenters. The predicted octanol–water partition coefficient (Wildman–Crippen LogP) is 1.21. The smallest absolute Gasteiger partial charge is 0.185 e. The quantitative estimate of drug-likeness (QED) is 0.506. The number of carbonyl (C=O) groups excluding carboxylic acids is 1. The van der Waals surface area contributed by atoms with Crippen LogP contribution in [0.25, 0.3) is 0 Å². The van der Waals surface area contributed by atoms with E-state index in [4.69, 9.17) is 4.74 Å². The fourth-order valence-electron chi connectivity index (χ4n) is 0.683. The number of hydrogen-bond donors (Lipinski definition) is 0. The molecule has 0 aromatic heterocycles. The van der Waals surface area contributed by atoms with E-state index in [1.54, 1.807) is 19.3 Å². The van der Waals surface area contributed by atoms with Gasteiger partial charge in [0.25, 0.3) is 0 Å². The van der Waals surface area contributed by atoms with Crippen LogP contribution in [-0.2, 0) is 9.53 Å². The van der Waals surface area contributed by atoms with E-state index in [0.29, 0.717) is 11.3 Å². The summed E-state index contributed by atoms with van der Waals surface area (Å²) < 4.78 is 4.87. The van der Waals surface area contributed by atoms with Crippen molar-refractivity contribution in [2.45, 2.75) is 0 Å². The lowest BCUT2D eigenvalue weighted by Crippen LogP contribution is -2.00. The van der Waals surface area contributed by atoms with Crippen molar-refractivity contribution in [1.82, 2.24) is 0 Å². The van der Waals surface area contributed by atoms with Crippen LogP contribution in [0.2, 0.25) is 0 Å². The van der Waals surface area contributed by atoms with Crippen LogP contribution >= 0.6 is 0 Å². The van der Waals surface area contributed by atoms with E-state index in [-0.39, 0.29) is 5.78 Å². The minimum absolute atomic E-state index is 0.0548. The lowest BCUT2D eigenvalue weighted by Gasteiger charge is -2.04. The Morgan fingerprint density at radius 1 is 1.50 bits per heavy atom. The largest absolute Gasteiger partial charge is 0.497 e. The molecule has 10 heavy (non-hydrogen) atoms. The first-order valence-electron chi connectivity index (χ1n) is 2.91. The van der Waals surface area contributed by atoms with Crippen LogP contribution < -0.4 is 0 Å². The Labute approximate surface area is 59.5 Å². The molecule has 2 nitrogen and oxygen atoms in total. The first-order chi connectivity index (χ1) is 4.74. The zero-order valence-electron chi connectivity index (χ0n) is 5.76. The highest BCUT2D eigenvalue weighted by atomic mass is 16.5. The van der Waals surface area contributed by atoms with Crippen molar-refractivity contribution in [3.05, 3.63) is 36.1 Å². The third kappa shape index (κ3) is 1.16. The van der Waals surface area contributed by atoms with Gasteiger partial charge in [-0.05, 0) is 18.2 Å². The summed E-state index contributed by atoms with van der Waals surface area (Å²) in [5.41, 5.74) is 0.472. The third-order valence-corrected chi connectivity index (χ3v) is 1.27. The second-order valence-corrected chi connectivity index (χ2v) is 1.97. The monoisotopic (exact) mass is 136 g/mol. The van der Waals surface area contributed by atoms with E-state index in [1.165, 1.54) is 6.08 Å². The first-order valence-corrected chi connectivity index (χ1v) is 2.91. The summed E-state index contributed by atoms with van der Waals surface area (Å²) in [6.45, 7) is 3.54. The van der Waals surface area contributed by atoms with Crippen molar-refractivity contribution in [2.75, 3.05) is 7.11 Å². The van der Waals surface area contributed by atoms with Crippen LogP contribution in [-0.4, -0.2) is 12.9 Å². The Balaban J connectivity index is 2.86. The summed E-state index contributed by atoms with van der Waals surface area (Å²) in [6.07, 6.45) is 4.68. The van der Waals surface area contributed by atoms with Crippen LogP contribution in [0.3, 0.4) is 0 Å². The predicted molar refractivity (Wildman–Crippen MR) is 38.4 cm³/mol. The number of ketones is 1. The van der Waals surface area contributed by atoms with Crippen LogP contribution in [0.4, 0.5) is 0 Å². The van der Waals surface area contributed by atoms with E-state index in [0.717, 1.165) is 0 Å². The second-order valence-electron chi connectivity index (χ2n) is 1.97. The Kier molecular flexibility index (Phi) is 1.71. The van der Waals surface area contributed by atoms with Gasteiger partial charge in [-0.15, -0.1) is 0 Å². The Morgan fingerprint density at radius 2 is 2.20 bits per heavy atom. The number of carbonyl (C=O) groups is 1. The lowest BCUT2D eigenvalue weighted by molar-refractivity contribution is -0.111. The van der Waals surface area contributed by atoms with E-state index in [2.05, 4.69) is 6.58 Å². The fourth-order valence-corrected chi connectivity index (χ4v) is 0.683. The average Bonchev–Trinajstić information content (AvgIpc) is 1.95. The van der Waals surface area contributed by atoms with Gasteiger partial charge in [-0.2, -0.15) is 0 Å². The number of methoxy groups -OCH3 is 1. The van der Waals surface area contributed by atoms with Gasteiger partial charge >= 0.3 is 0 Å². The highest BCUT2D eigenvalue weighted by molar-refractivity contribution is 6.07. The molecule has 52 valence electrons. The van der Waals surface area contributed by atoms with Crippen molar-refractivity contribution >= 4 is 5.78 Å². The summed E-state index contributed by atoms with van der Waals surface area (Å²) in [7, 11) is 1.55. The summed E-state index contributed by atoms with van der Waals surface area (Å²) in [6, 6.07) is 0. The normalized spacial score (nSPS) is 17.1. The first kappa shape index (κ1) is 6.81. The third-order valence-electron chi connectivity index (χ3n) is 1.27. The van der Waals surface area contributed by atoms with Crippen molar-refractivity contribution < 1.29 is 9.53 Å². The molecule has 0 N–H and O–H groups in total. The summed E-state index contributed by atoms with van der Waals surface area (Å²) in [5.74, 6) is 0.616. The van der Waals surface area contributed by atoms with E-state index in [9.17, 15) is 4.79 Å². The Hall–Kier alpha value is -1.31. The second kappa shape index (κ2) is 2.52. The number of ether oxygens (including phenoxy) is 1. The van der Waals surface area contributed by atoms with Gasteiger partial charge in [-0.1, -0.05) is 6.58 Å². The van der Waals surface area contributed by atoms with Gasteiger partial charge in [-0.25, -0.2) is 0 Å². The highest BCUT2D eigenvalue weighted by Gasteiger charge is 2.06. The minimum atomic E-state index is -0.0548. The summed E-state index contributed by atoms with van der Waals surface area (Å²) in [4.78, 5) is 10.8. The molecule has 0 aliphatic heterocycles. The van der Waals surface area contributed by atoms with Crippen LogP contribution in [0.5, 0.6) is 0 Å². The van der Waals surface area contributed by atoms with E-state index >= 15 is 0 Å². The number of hydrogen-bond acceptors (Lipinski definition) is 2. The van der Waals surface area contributed by atoms with E-state index in [1.807, 2.05) is 0 Å². The SMILES string of the molecule is C=C1C=C(OC)C=CC1=O. The maximum atomic E-state index is 10.8. The molecule has 0 saturated heterocycles. The van der Waals surface area contributed by atoms with Gasteiger partial charge in [-0.3, -0.25) is 4.79 Å². The van der Waals surface area contributed by atoms with Crippen LogP contribution in [0.1, 0.15) is 0 Å². The molecule has 1 aliphatic carbocycles. The van der Waals surface area contributed by atoms with Crippen molar-refractivity contribution in [3.8, 4) is 0 Å². The van der Waals surface area contributed by atoms with Gasteiger partial charge in [0.1, 0.15) is 5.76 Å². The van der Waals surface area contributed by atoms with Crippen molar-refractivity contribution in [1.29, 1.82) is 0 Å². The Morgan fingerprint density at radius 3 is 2.70 bits per heavy atom. The van der Waals surface area contributed by atoms with E-state index < -0.39 is 0 Å². The standard InChI is InChI=1S/C8H8O2/c1-6-5-7(10-2)3-4-8(6)9/h3-5H,1H2,2H3. The number of allylic oxidation sites excluding steroid dienone is 4. The highest BCUT2D eigenvalue weighted by Crippen LogP contribution is 2.10. The molecular formula is C8H8O2. The molecule has 0 heterocycles. The molecule has 0 bridgehead atoms. The molecule has 0 aromatic rings. The molecule has 1 rings (SSSR count). The molecule has 0 atom stereocenters. The van der Waals surface area contributed by atoms with Crippen molar-refractivity contribution in [2.24, 2.45) is 0 Å². The van der Waals surface area contributed by atoms with Gasteiger partial charge < -0.3 is 4.74 Å². The summed E-state index contributed by atoms with van der Waals surface area (Å²) in [5, 5.41) is 0. The minimum Gasteiger partial charge on any atom is -0.497 e. The molecule has 0 aromatic carbocycles. The molecule has 0 fully saturated rings. The van der Waals surface area contributed by atoms with Gasteiger partial charge in [0.15, 0.2) is 5.78 Å². The average molecular weight is 136 g/mol. The zero-order chi connectivity index (χ0) is 7.56. The molecule has 0 radical (unpaired) electrons. The lowest BCUT2D eigenvalue weighted by atomic mass is 10.1. The van der Waals surface area contributed by atoms with Gasteiger partial charge in [0.2, 0.25) is 0 Å². The van der Waals surface area contributed by atoms with Gasteiger partial charge in [0.05, 0.1) is 7.11 Å². The van der Waals surface area contributed by atoms with Crippen LogP contribution in [0, 0.1) is 0 Å². The molecule has 0 spiro atoms. The van der Waals surface area contributed by atoms with Crippen LogP contribution in [0.15, 0.2) is 36.1 Å². The molecule has 2 heteroatoms. The maximum absolute atomic E-state index is 10.8. The van der Waals surface area contributed by atoms with Gasteiger partial charge in [0, 0.05) is 5.57 Å². The molecule has 1 aliphatic rings. The fraction of sp³-hybridized carbons (Fsp3) is 0.125. The Bertz CT molecular complexity index is 234. The summed E-state index contributed by atoms with van der Waals surface area (Å²) >= 11 is 0. The molecule has 0 amide bonds. The molecular weight excluding hydrogens is 128 g/mol. The maximum Gasteiger partial charge on any atom is 0.185 e. The van der Waals surface area contributed by atoms with Crippen molar-refractivity contribution in [3.63, 3.8) is 0 Å². The molecule has 0 saturated carbocycles. The zero-order valence-corrected chi connectivity index (χ0v) is 5.76.